The monoisotopic (exact) mass is 283 g/mol. The number of hydrogen-bond acceptors (Lipinski definition) is 3. The number of benzene rings is 1. The van der Waals surface area contributed by atoms with E-state index in [-0.39, 0.29) is 17.8 Å². The molecule has 2 rings (SSSR count). The molecule has 0 aliphatic carbocycles. The number of nitrogens with one attached hydrogen (secondary N) is 1. The van der Waals surface area contributed by atoms with E-state index in [2.05, 4.69) is 5.32 Å². The van der Waals surface area contributed by atoms with Crippen molar-refractivity contribution in [2.75, 3.05) is 13.2 Å². The molecule has 0 spiro atoms. The first-order chi connectivity index (χ1) is 9.16. The van der Waals surface area contributed by atoms with Crippen molar-refractivity contribution in [2.24, 2.45) is 0 Å². The molecule has 0 bridgehead atoms. The quantitative estimate of drug-likeness (QED) is 0.893. The Bertz CT molecular complexity index is 444. The molecule has 1 atom stereocenters. The van der Waals surface area contributed by atoms with Gasteiger partial charge in [-0.1, -0.05) is 11.6 Å². The largest absolute Gasteiger partial charge is 0.508 e. The van der Waals surface area contributed by atoms with Crippen molar-refractivity contribution in [3.63, 3.8) is 0 Å². The summed E-state index contributed by atoms with van der Waals surface area (Å²) >= 11 is 5.92. The number of rotatable bonds is 4. The Labute approximate surface area is 117 Å². The van der Waals surface area contributed by atoms with Crippen LogP contribution in [0.15, 0.2) is 18.2 Å². The summed E-state index contributed by atoms with van der Waals surface area (Å²) in [4.78, 5) is 11.9. The van der Waals surface area contributed by atoms with Gasteiger partial charge in [0.1, 0.15) is 5.75 Å². The van der Waals surface area contributed by atoms with Gasteiger partial charge < -0.3 is 15.2 Å². The zero-order chi connectivity index (χ0) is 13.7. The SMILES string of the molecule is O=C(NCCC1CCCCO1)c1cc(O)ccc1Cl. The van der Waals surface area contributed by atoms with Crippen LogP contribution in [-0.4, -0.2) is 30.3 Å². The first-order valence-electron chi connectivity index (χ1n) is 6.55. The van der Waals surface area contributed by atoms with Gasteiger partial charge in [-0.2, -0.15) is 0 Å². The summed E-state index contributed by atoms with van der Waals surface area (Å²) in [6.07, 6.45) is 4.43. The molecule has 0 aromatic heterocycles. The van der Waals surface area contributed by atoms with Crippen molar-refractivity contribution in [2.45, 2.75) is 31.8 Å². The van der Waals surface area contributed by atoms with Crippen molar-refractivity contribution in [3.8, 4) is 5.75 Å². The van der Waals surface area contributed by atoms with Gasteiger partial charge in [0.15, 0.2) is 0 Å². The van der Waals surface area contributed by atoms with Gasteiger partial charge in [-0.15, -0.1) is 0 Å². The summed E-state index contributed by atoms with van der Waals surface area (Å²) in [7, 11) is 0. The highest BCUT2D eigenvalue weighted by molar-refractivity contribution is 6.33. The number of phenolic OH excluding ortho intramolecular Hbond substituents is 1. The van der Waals surface area contributed by atoms with Gasteiger partial charge in [0.2, 0.25) is 0 Å². The third kappa shape index (κ3) is 4.11. The lowest BCUT2D eigenvalue weighted by Crippen LogP contribution is -2.29. The van der Waals surface area contributed by atoms with Crippen molar-refractivity contribution in [3.05, 3.63) is 28.8 Å². The van der Waals surface area contributed by atoms with Gasteiger partial charge in [0.05, 0.1) is 16.7 Å². The molecule has 4 nitrogen and oxygen atoms in total. The van der Waals surface area contributed by atoms with Crippen molar-refractivity contribution in [1.29, 1.82) is 0 Å². The fraction of sp³-hybridized carbons (Fsp3) is 0.500. The molecule has 0 saturated carbocycles. The molecular weight excluding hydrogens is 266 g/mol. The first-order valence-corrected chi connectivity index (χ1v) is 6.93. The number of phenols is 1. The number of halogens is 1. The molecular formula is C14H18ClNO3. The Morgan fingerprint density at radius 1 is 1.47 bits per heavy atom. The van der Waals surface area contributed by atoms with Crippen molar-refractivity contribution < 1.29 is 14.6 Å². The normalized spacial score (nSPS) is 19.1. The van der Waals surface area contributed by atoms with E-state index >= 15 is 0 Å². The second-order valence-electron chi connectivity index (χ2n) is 4.70. The maximum atomic E-state index is 11.9. The minimum Gasteiger partial charge on any atom is -0.508 e. The molecule has 104 valence electrons. The zero-order valence-electron chi connectivity index (χ0n) is 10.7. The molecule has 1 amide bonds. The number of ether oxygens (including phenoxy) is 1. The van der Waals surface area contributed by atoms with E-state index in [0.717, 1.165) is 25.9 Å². The highest BCUT2D eigenvalue weighted by Gasteiger charge is 2.15. The Kier molecular flexibility index (Phi) is 5.05. The first kappa shape index (κ1) is 14.2. The molecule has 19 heavy (non-hydrogen) atoms. The second-order valence-corrected chi connectivity index (χ2v) is 5.10. The van der Waals surface area contributed by atoms with E-state index in [0.29, 0.717) is 17.1 Å². The molecule has 1 fully saturated rings. The summed E-state index contributed by atoms with van der Waals surface area (Å²) in [5.74, 6) is -0.234. The third-order valence-corrected chi connectivity index (χ3v) is 3.55. The number of carbonyl (C=O) groups is 1. The lowest BCUT2D eigenvalue weighted by molar-refractivity contribution is 0.0117. The van der Waals surface area contributed by atoms with Crippen LogP contribution >= 0.6 is 11.6 Å². The fourth-order valence-corrected chi connectivity index (χ4v) is 2.37. The Balaban J connectivity index is 1.82. The van der Waals surface area contributed by atoms with E-state index in [1.165, 1.54) is 24.6 Å². The van der Waals surface area contributed by atoms with Crippen LogP contribution < -0.4 is 5.32 Å². The predicted octanol–water partition coefficient (Wildman–Crippen LogP) is 2.73. The maximum Gasteiger partial charge on any atom is 0.252 e. The minimum absolute atomic E-state index is 0.0326. The van der Waals surface area contributed by atoms with E-state index in [1.807, 2.05) is 0 Å². The fourth-order valence-electron chi connectivity index (χ4n) is 2.16. The number of hydrogen-bond donors (Lipinski definition) is 2. The average molecular weight is 284 g/mol. The summed E-state index contributed by atoms with van der Waals surface area (Å²) in [5, 5.41) is 12.5. The maximum absolute atomic E-state index is 11.9. The molecule has 2 N–H and O–H groups in total. The van der Waals surface area contributed by atoms with Crippen LogP contribution in [0, 0.1) is 0 Å². The number of aromatic hydroxyl groups is 1. The molecule has 1 saturated heterocycles. The number of amides is 1. The molecule has 1 aliphatic heterocycles. The Morgan fingerprint density at radius 2 is 2.32 bits per heavy atom. The molecule has 1 aromatic carbocycles. The Morgan fingerprint density at radius 3 is 3.05 bits per heavy atom. The molecule has 0 radical (unpaired) electrons. The van der Waals surface area contributed by atoms with Crippen LogP contribution in [0.5, 0.6) is 5.75 Å². The van der Waals surface area contributed by atoms with Crippen LogP contribution in [-0.2, 0) is 4.74 Å². The zero-order valence-corrected chi connectivity index (χ0v) is 11.4. The lowest BCUT2D eigenvalue weighted by atomic mass is 10.1. The van der Waals surface area contributed by atoms with E-state index in [4.69, 9.17) is 16.3 Å². The predicted molar refractivity (Wildman–Crippen MR) is 73.7 cm³/mol. The van der Waals surface area contributed by atoms with Crippen LogP contribution in [0.1, 0.15) is 36.0 Å². The second kappa shape index (κ2) is 6.78. The van der Waals surface area contributed by atoms with Crippen LogP contribution in [0.2, 0.25) is 5.02 Å². The summed E-state index contributed by atoms with van der Waals surface area (Å²) < 4.78 is 5.59. The minimum atomic E-state index is -0.267. The topological polar surface area (TPSA) is 58.6 Å². The molecule has 1 unspecified atom stereocenters. The average Bonchev–Trinajstić information content (AvgIpc) is 2.42. The molecule has 5 heteroatoms. The van der Waals surface area contributed by atoms with Crippen molar-refractivity contribution in [1.82, 2.24) is 5.32 Å². The summed E-state index contributed by atoms with van der Waals surface area (Å²) in [5.41, 5.74) is 0.297. The van der Waals surface area contributed by atoms with Crippen molar-refractivity contribution >= 4 is 17.5 Å². The standard InChI is InChI=1S/C14H18ClNO3/c15-13-5-4-10(17)9-12(13)14(18)16-7-6-11-3-1-2-8-19-11/h4-5,9,11,17H,1-3,6-8H2,(H,16,18). The van der Waals surface area contributed by atoms with E-state index in [9.17, 15) is 9.90 Å². The van der Waals surface area contributed by atoms with Crippen LogP contribution in [0.25, 0.3) is 0 Å². The van der Waals surface area contributed by atoms with Gasteiger partial charge >= 0.3 is 0 Å². The number of carbonyl (C=O) groups excluding carboxylic acids is 1. The highest BCUT2D eigenvalue weighted by Crippen LogP contribution is 2.21. The Hall–Kier alpha value is -1.26. The highest BCUT2D eigenvalue weighted by atomic mass is 35.5. The third-order valence-electron chi connectivity index (χ3n) is 3.22. The van der Waals surface area contributed by atoms with Gasteiger partial charge in [-0.3, -0.25) is 4.79 Å². The van der Waals surface area contributed by atoms with Crippen LogP contribution in [0.4, 0.5) is 0 Å². The summed E-state index contributed by atoms with van der Waals surface area (Å²) in [6, 6.07) is 4.33. The van der Waals surface area contributed by atoms with Crippen LogP contribution in [0.3, 0.4) is 0 Å². The molecule has 1 aromatic rings. The van der Waals surface area contributed by atoms with Gasteiger partial charge in [-0.05, 0) is 43.9 Å². The van der Waals surface area contributed by atoms with Gasteiger partial charge in [0, 0.05) is 13.2 Å². The lowest BCUT2D eigenvalue weighted by Gasteiger charge is -2.22. The van der Waals surface area contributed by atoms with E-state index < -0.39 is 0 Å². The molecule has 1 aliphatic rings. The van der Waals surface area contributed by atoms with Gasteiger partial charge in [-0.25, -0.2) is 0 Å². The smallest absolute Gasteiger partial charge is 0.252 e. The molecule has 1 heterocycles. The van der Waals surface area contributed by atoms with E-state index in [1.54, 1.807) is 0 Å². The summed E-state index contributed by atoms with van der Waals surface area (Å²) in [6.45, 7) is 1.37. The van der Waals surface area contributed by atoms with Gasteiger partial charge in [0.25, 0.3) is 5.91 Å².